The van der Waals surface area contributed by atoms with Gasteiger partial charge in [0.05, 0.1) is 18.8 Å². The van der Waals surface area contributed by atoms with Crippen LogP contribution in [0.1, 0.15) is 27.2 Å². The van der Waals surface area contributed by atoms with Crippen molar-refractivity contribution >= 4 is 11.9 Å². The molecule has 6 nitrogen and oxygen atoms in total. The van der Waals surface area contributed by atoms with E-state index in [2.05, 4.69) is 4.74 Å². The van der Waals surface area contributed by atoms with E-state index in [9.17, 15) is 14.7 Å². The minimum Gasteiger partial charge on any atom is -0.463 e. The quantitative estimate of drug-likeness (QED) is 0.594. The molecule has 0 spiro atoms. The molecule has 1 atom stereocenters. The molecule has 1 heterocycles. The summed E-state index contributed by atoms with van der Waals surface area (Å²) < 4.78 is 15.0. The van der Waals surface area contributed by atoms with Gasteiger partial charge in [0.1, 0.15) is 5.76 Å². The molecule has 1 aliphatic rings. The normalized spacial score (nSPS) is 19.4. The lowest BCUT2D eigenvalue weighted by Gasteiger charge is -2.31. The summed E-state index contributed by atoms with van der Waals surface area (Å²) in [6.45, 7) is 5.15. The third kappa shape index (κ3) is 5.56. The van der Waals surface area contributed by atoms with Crippen LogP contribution in [0.25, 0.3) is 0 Å². The molecule has 106 valence electrons. The van der Waals surface area contributed by atoms with Crippen LogP contribution in [-0.2, 0) is 23.8 Å². The first kappa shape index (κ1) is 15.2. The maximum atomic E-state index is 11.3. The Bertz CT molecular complexity index is 407. The zero-order chi connectivity index (χ0) is 14.5. The predicted molar refractivity (Wildman–Crippen MR) is 65.7 cm³/mol. The minimum absolute atomic E-state index is 0.0778. The van der Waals surface area contributed by atoms with Crippen LogP contribution in [0.3, 0.4) is 0 Å². The number of esters is 2. The second kappa shape index (κ2) is 6.38. The standard InChI is InChI=1S/C13H18O6/c1-4-17-11(15)6-5-9(14)7-10-8-12(16)19-13(2,3)18-10/h5-6,8-9,14H,4,7H2,1-3H3/b6-5+/t9-/m0/s1. The molecule has 0 aromatic rings. The van der Waals surface area contributed by atoms with Gasteiger partial charge in [-0.15, -0.1) is 0 Å². The summed E-state index contributed by atoms with van der Waals surface area (Å²) in [6.07, 6.45) is 2.73. The molecule has 0 unspecified atom stereocenters. The lowest BCUT2D eigenvalue weighted by molar-refractivity contribution is -0.206. The number of cyclic esters (lactones) is 1. The molecule has 0 aromatic carbocycles. The van der Waals surface area contributed by atoms with Crippen molar-refractivity contribution in [2.24, 2.45) is 0 Å². The van der Waals surface area contributed by atoms with Gasteiger partial charge < -0.3 is 19.3 Å². The maximum absolute atomic E-state index is 11.3. The average Bonchev–Trinajstić information content (AvgIpc) is 2.23. The third-order valence-electron chi connectivity index (χ3n) is 2.15. The zero-order valence-electron chi connectivity index (χ0n) is 11.2. The van der Waals surface area contributed by atoms with Crippen LogP contribution in [0.15, 0.2) is 24.0 Å². The highest BCUT2D eigenvalue weighted by Crippen LogP contribution is 2.24. The molecule has 1 aliphatic heterocycles. The largest absolute Gasteiger partial charge is 0.463 e. The third-order valence-corrected chi connectivity index (χ3v) is 2.15. The van der Waals surface area contributed by atoms with E-state index >= 15 is 0 Å². The van der Waals surface area contributed by atoms with Crippen LogP contribution in [0.2, 0.25) is 0 Å². The van der Waals surface area contributed by atoms with Gasteiger partial charge in [0, 0.05) is 26.3 Å². The molecule has 1 rings (SSSR count). The number of carbonyl (C=O) groups excluding carboxylic acids is 2. The van der Waals surface area contributed by atoms with Gasteiger partial charge in [0.2, 0.25) is 5.79 Å². The number of aliphatic hydroxyl groups is 1. The van der Waals surface area contributed by atoms with Crippen LogP contribution in [0.4, 0.5) is 0 Å². The molecule has 0 radical (unpaired) electrons. The van der Waals surface area contributed by atoms with E-state index < -0.39 is 23.8 Å². The molecule has 0 fully saturated rings. The van der Waals surface area contributed by atoms with Crippen molar-refractivity contribution in [1.82, 2.24) is 0 Å². The van der Waals surface area contributed by atoms with Crippen LogP contribution in [-0.4, -0.2) is 35.5 Å². The number of ether oxygens (including phenoxy) is 3. The number of aliphatic hydroxyl groups excluding tert-OH is 1. The van der Waals surface area contributed by atoms with Gasteiger partial charge in [0.25, 0.3) is 0 Å². The van der Waals surface area contributed by atoms with E-state index in [0.717, 1.165) is 6.08 Å². The van der Waals surface area contributed by atoms with Crippen LogP contribution in [0.5, 0.6) is 0 Å². The summed E-state index contributed by atoms with van der Waals surface area (Å²) in [5, 5.41) is 9.71. The minimum atomic E-state index is -1.05. The van der Waals surface area contributed by atoms with E-state index in [-0.39, 0.29) is 13.0 Å². The fraction of sp³-hybridized carbons (Fsp3) is 0.538. The van der Waals surface area contributed by atoms with Gasteiger partial charge in [-0.3, -0.25) is 0 Å². The fourth-order valence-electron chi connectivity index (χ4n) is 1.52. The smallest absolute Gasteiger partial charge is 0.337 e. The Kier molecular flexibility index (Phi) is 5.11. The van der Waals surface area contributed by atoms with Crippen molar-refractivity contribution in [1.29, 1.82) is 0 Å². The summed E-state index contributed by atoms with van der Waals surface area (Å²) in [4.78, 5) is 22.3. The predicted octanol–water partition coefficient (Wildman–Crippen LogP) is 1.05. The second-order valence-electron chi connectivity index (χ2n) is 4.42. The second-order valence-corrected chi connectivity index (χ2v) is 4.42. The highest BCUT2D eigenvalue weighted by Gasteiger charge is 2.30. The molecule has 0 bridgehead atoms. The zero-order valence-corrected chi connectivity index (χ0v) is 11.2. The Morgan fingerprint density at radius 1 is 1.53 bits per heavy atom. The van der Waals surface area contributed by atoms with Gasteiger partial charge in [-0.1, -0.05) is 0 Å². The number of hydrogen-bond donors (Lipinski definition) is 1. The van der Waals surface area contributed by atoms with Gasteiger partial charge in [0.15, 0.2) is 0 Å². The van der Waals surface area contributed by atoms with Crippen molar-refractivity contribution in [2.75, 3.05) is 6.61 Å². The Balaban J connectivity index is 2.55. The highest BCUT2D eigenvalue weighted by atomic mass is 16.7. The molecule has 1 N–H and O–H groups in total. The van der Waals surface area contributed by atoms with Crippen molar-refractivity contribution in [3.05, 3.63) is 24.0 Å². The Labute approximate surface area is 111 Å². The number of rotatable bonds is 5. The monoisotopic (exact) mass is 270 g/mol. The van der Waals surface area contributed by atoms with Crippen LogP contribution >= 0.6 is 0 Å². The Morgan fingerprint density at radius 2 is 2.21 bits per heavy atom. The van der Waals surface area contributed by atoms with E-state index in [1.165, 1.54) is 12.2 Å². The van der Waals surface area contributed by atoms with E-state index in [1.54, 1.807) is 20.8 Å². The first-order valence-electron chi connectivity index (χ1n) is 5.98. The molecule has 0 saturated carbocycles. The van der Waals surface area contributed by atoms with Gasteiger partial charge in [-0.25, -0.2) is 9.59 Å². The lowest BCUT2D eigenvalue weighted by Crippen LogP contribution is -2.35. The van der Waals surface area contributed by atoms with Gasteiger partial charge >= 0.3 is 11.9 Å². The highest BCUT2D eigenvalue weighted by molar-refractivity contribution is 5.83. The molecule has 0 aromatic heterocycles. The van der Waals surface area contributed by atoms with Crippen molar-refractivity contribution in [2.45, 2.75) is 39.1 Å². The first-order valence-corrected chi connectivity index (χ1v) is 5.98. The fourth-order valence-corrected chi connectivity index (χ4v) is 1.52. The molecule has 0 amide bonds. The topological polar surface area (TPSA) is 82.1 Å². The van der Waals surface area contributed by atoms with Gasteiger partial charge in [-0.2, -0.15) is 0 Å². The molecule has 0 aliphatic carbocycles. The molecular weight excluding hydrogens is 252 g/mol. The lowest BCUT2D eigenvalue weighted by atomic mass is 10.2. The van der Waals surface area contributed by atoms with Crippen LogP contribution in [0, 0.1) is 0 Å². The van der Waals surface area contributed by atoms with Crippen molar-refractivity contribution in [3.8, 4) is 0 Å². The molecule has 19 heavy (non-hydrogen) atoms. The van der Waals surface area contributed by atoms with Gasteiger partial charge in [-0.05, 0) is 13.0 Å². The average molecular weight is 270 g/mol. The first-order chi connectivity index (χ1) is 8.82. The summed E-state index contributed by atoms with van der Waals surface area (Å²) in [7, 11) is 0. The molecular formula is C13H18O6. The number of carbonyl (C=O) groups is 2. The molecule has 6 heteroatoms. The van der Waals surface area contributed by atoms with Crippen molar-refractivity contribution in [3.63, 3.8) is 0 Å². The summed E-state index contributed by atoms with van der Waals surface area (Å²) >= 11 is 0. The molecule has 0 saturated heterocycles. The van der Waals surface area contributed by atoms with Crippen molar-refractivity contribution < 1.29 is 28.9 Å². The Morgan fingerprint density at radius 3 is 2.79 bits per heavy atom. The van der Waals surface area contributed by atoms with Crippen LogP contribution < -0.4 is 0 Å². The summed E-state index contributed by atoms with van der Waals surface area (Å²) in [5.41, 5.74) is 0. The number of hydrogen-bond acceptors (Lipinski definition) is 6. The Hall–Kier alpha value is -1.82. The SMILES string of the molecule is CCOC(=O)/C=C/[C@H](O)CC1=CC(=O)OC(C)(C)O1. The van der Waals surface area contributed by atoms with E-state index in [4.69, 9.17) is 9.47 Å². The summed E-state index contributed by atoms with van der Waals surface area (Å²) in [5.74, 6) is -1.79. The maximum Gasteiger partial charge on any atom is 0.337 e. The van der Waals surface area contributed by atoms with E-state index in [1.807, 2.05) is 0 Å². The van der Waals surface area contributed by atoms with E-state index in [0.29, 0.717) is 5.76 Å². The summed E-state index contributed by atoms with van der Waals surface area (Å²) in [6, 6.07) is 0.